The Balaban J connectivity index is 2.14. The van der Waals surface area contributed by atoms with Crippen molar-refractivity contribution in [2.24, 2.45) is 0 Å². The largest absolute Gasteiger partial charge is 0.310 e. The fourth-order valence-electron chi connectivity index (χ4n) is 0.661. The SMILES string of the molecule is CC(Cl)CNCc1cnsn1. The molecule has 3 nitrogen and oxygen atoms in total. The van der Waals surface area contributed by atoms with Gasteiger partial charge in [0.1, 0.15) is 0 Å². The quantitative estimate of drug-likeness (QED) is 0.729. The lowest BCUT2D eigenvalue weighted by Gasteiger charge is -2.02. The molecule has 5 heteroatoms. The lowest BCUT2D eigenvalue weighted by Crippen LogP contribution is -2.20. The van der Waals surface area contributed by atoms with Gasteiger partial charge in [0.05, 0.1) is 23.6 Å². The average Bonchev–Trinajstić information content (AvgIpc) is 2.39. The van der Waals surface area contributed by atoms with E-state index in [9.17, 15) is 0 Å². The van der Waals surface area contributed by atoms with Crippen molar-refractivity contribution in [3.63, 3.8) is 0 Å². The van der Waals surface area contributed by atoms with Gasteiger partial charge in [-0.15, -0.1) is 11.6 Å². The van der Waals surface area contributed by atoms with Gasteiger partial charge in [0.15, 0.2) is 0 Å². The molecular formula is C6H10ClN3S. The Hall–Kier alpha value is -0.190. The fourth-order valence-corrected chi connectivity index (χ4v) is 1.20. The predicted molar refractivity (Wildman–Crippen MR) is 46.9 cm³/mol. The smallest absolute Gasteiger partial charge is 0.0880 e. The Morgan fingerprint density at radius 3 is 3.18 bits per heavy atom. The first kappa shape index (κ1) is 8.90. The third-order valence-corrected chi connectivity index (χ3v) is 1.81. The van der Waals surface area contributed by atoms with E-state index in [1.165, 1.54) is 11.7 Å². The molecule has 0 aliphatic carbocycles. The second-order valence-electron chi connectivity index (χ2n) is 2.31. The Labute approximate surface area is 75.1 Å². The van der Waals surface area contributed by atoms with Gasteiger partial charge in [-0.05, 0) is 6.92 Å². The van der Waals surface area contributed by atoms with E-state index in [0.717, 1.165) is 18.8 Å². The van der Waals surface area contributed by atoms with Crippen LogP contribution >= 0.6 is 23.3 Å². The van der Waals surface area contributed by atoms with Crippen LogP contribution in [0.25, 0.3) is 0 Å². The van der Waals surface area contributed by atoms with Gasteiger partial charge in [-0.2, -0.15) is 8.75 Å². The molecule has 1 unspecified atom stereocenters. The summed E-state index contributed by atoms with van der Waals surface area (Å²) in [7, 11) is 0. The highest BCUT2D eigenvalue weighted by Crippen LogP contribution is 1.95. The molecule has 0 radical (unpaired) electrons. The molecular weight excluding hydrogens is 182 g/mol. The van der Waals surface area contributed by atoms with Crippen LogP contribution in [0.3, 0.4) is 0 Å². The van der Waals surface area contributed by atoms with E-state index in [1.54, 1.807) is 6.20 Å². The Kier molecular flexibility index (Phi) is 3.76. The molecule has 1 rings (SSSR count). The van der Waals surface area contributed by atoms with Crippen molar-refractivity contribution in [3.8, 4) is 0 Å². The van der Waals surface area contributed by atoms with Crippen LogP contribution in [0, 0.1) is 0 Å². The van der Waals surface area contributed by atoms with E-state index in [0.29, 0.717) is 0 Å². The summed E-state index contributed by atoms with van der Waals surface area (Å²) in [5.74, 6) is 0. The standard InChI is InChI=1S/C6H10ClN3S/c1-5(7)2-8-3-6-4-9-11-10-6/h4-5,8H,2-3H2,1H3. The molecule has 0 aliphatic rings. The van der Waals surface area contributed by atoms with Gasteiger partial charge in [-0.3, -0.25) is 0 Å². The van der Waals surface area contributed by atoms with Crippen LogP contribution in [0.1, 0.15) is 12.6 Å². The summed E-state index contributed by atoms with van der Waals surface area (Å²) in [4.78, 5) is 0. The Bertz CT molecular complexity index is 188. The summed E-state index contributed by atoms with van der Waals surface area (Å²) < 4.78 is 7.92. The minimum atomic E-state index is 0.168. The minimum absolute atomic E-state index is 0.168. The van der Waals surface area contributed by atoms with E-state index >= 15 is 0 Å². The molecule has 1 N–H and O–H groups in total. The molecule has 0 spiro atoms. The molecule has 0 fully saturated rings. The molecule has 0 aromatic carbocycles. The van der Waals surface area contributed by atoms with Crippen LogP contribution in [-0.4, -0.2) is 20.7 Å². The number of halogens is 1. The minimum Gasteiger partial charge on any atom is -0.310 e. The van der Waals surface area contributed by atoms with Crippen LogP contribution in [-0.2, 0) is 6.54 Å². The van der Waals surface area contributed by atoms with Crippen molar-refractivity contribution in [1.82, 2.24) is 14.1 Å². The van der Waals surface area contributed by atoms with Gasteiger partial charge in [-0.1, -0.05) is 0 Å². The maximum atomic E-state index is 5.72. The first-order chi connectivity index (χ1) is 5.29. The summed E-state index contributed by atoms with van der Waals surface area (Å²) in [5.41, 5.74) is 0.979. The van der Waals surface area contributed by atoms with E-state index in [4.69, 9.17) is 11.6 Å². The van der Waals surface area contributed by atoms with Crippen LogP contribution < -0.4 is 5.32 Å². The van der Waals surface area contributed by atoms with Crippen molar-refractivity contribution in [3.05, 3.63) is 11.9 Å². The van der Waals surface area contributed by atoms with E-state index in [2.05, 4.69) is 14.1 Å². The highest BCUT2D eigenvalue weighted by atomic mass is 35.5. The monoisotopic (exact) mass is 191 g/mol. The normalized spacial score (nSPS) is 13.3. The van der Waals surface area contributed by atoms with Gasteiger partial charge in [0, 0.05) is 18.5 Å². The highest BCUT2D eigenvalue weighted by Gasteiger charge is 1.97. The number of nitrogens with zero attached hydrogens (tertiary/aromatic N) is 2. The molecule has 1 heterocycles. The molecule has 62 valence electrons. The van der Waals surface area contributed by atoms with Gasteiger partial charge in [0.2, 0.25) is 0 Å². The zero-order valence-corrected chi connectivity index (χ0v) is 7.82. The molecule has 0 aliphatic heterocycles. The van der Waals surface area contributed by atoms with Gasteiger partial charge >= 0.3 is 0 Å². The van der Waals surface area contributed by atoms with Crippen molar-refractivity contribution in [2.45, 2.75) is 18.8 Å². The zero-order valence-electron chi connectivity index (χ0n) is 6.25. The summed E-state index contributed by atoms with van der Waals surface area (Å²) in [5, 5.41) is 3.33. The maximum absolute atomic E-state index is 5.72. The Morgan fingerprint density at radius 1 is 1.82 bits per heavy atom. The highest BCUT2D eigenvalue weighted by molar-refractivity contribution is 6.99. The number of nitrogens with one attached hydrogen (secondary N) is 1. The van der Waals surface area contributed by atoms with Crippen LogP contribution in [0.2, 0.25) is 0 Å². The maximum Gasteiger partial charge on any atom is 0.0880 e. The number of rotatable bonds is 4. The molecule has 1 aromatic rings. The predicted octanol–water partition coefficient (Wildman–Crippen LogP) is 1.25. The van der Waals surface area contributed by atoms with Crippen LogP contribution in [0.5, 0.6) is 0 Å². The summed E-state index contributed by atoms with van der Waals surface area (Å²) >= 11 is 6.95. The van der Waals surface area contributed by atoms with Crippen LogP contribution in [0.4, 0.5) is 0 Å². The number of hydrogen-bond acceptors (Lipinski definition) is 4. The summed E-state index contributed by atoms with van der Waals surface area (Å²) in [6.45, 7) is 3.51. The molecule has 0 saturated carbocycles. The summed E-state index contributed by atoms with van der Waals surface area (Å²) in [6, 6.07) is 0. The van der Waals surface area contributed by atoms with E-state index < -0.39 is 0 Å². The van der Waals surface area contributed by atoms with Gasteiger partial charge in [-0.25, -0.2) is 0 Å². The lowest BCUT2D eigenvalue weighted by atomic mass is 10.4. The summed E-state index contributed by atoms with van der Waals surface area (Å²) in [6.07, 6.45) is 1.76. The van der Waals surface area contributed by atoms with Gasteiger partial charge in [0.25, 0.3) is 0 Å². The number of aromatic nitrogens is 2. The third kappa shape index (κ3) is 3.65. The molecule has 0 bridgehead atoms. The van der Waals surface area contributed by atoms with Crippen molar-refractivity contribution < 1.29 is 0 Å². The van der Waals surface area contributed by atoms with Crippen molar-refractivity contribution >= 4 is 23.3 Å². The molecule has 1 aromatic heterocycles. The average molecular weight is 192 g/mol. The second kappa shape index (κ2) is 4.64. The number of hydrogen-bond donors (Lipinski definition) is 1. The Morgan fingerprint density at radius 2 is 2.64 bits per heavy atom. The molecule has 0 saturated heterocycles. The zero-order chi connectivity index (χ0) is 8.10. The molecule has 0 amide bonds. The van der Waals surface area contributed by atoms with E-state index in [-0.39, 0.29) is 5.38 Å². The molecule has 11 heavy (non-hydrogen) atoms. The first-order valence-corrected chi connectivity index (χ1v) is 4.57. The first-order valence-electron chi connectivity index (χ1n) is 3.40. The van der Waals surface area contributed by atoms with Gasteiger partial charge < -0.3 is 5.32 Å². The second-order valence-corrected chi connectivity index (χ2v) is 3.61. The van der Waals surface area contributed by atoms with Crippen LogP contribution in [0.15, 0.2) is 6.20 Å². The molecule has 1 atom stereocenters. The topological polar surface area (TPSA) is 37.8 Å². The van der Waals surface area contributed by atoms with Crippen molar-refractivity contribution in [1.29, 1.82) is 0 Å². The fraction of sp³-hybridized carbons (Fsp3) is 0.667. The van der Waals surface area contributed by atoms with E-state index in [1.807, 2.05) is 6.92 Å². The number of alkyl halides is 1. The third-order valence-electron chi connectivity index (χ3n) is 1.14. The van der Waals surface area contributed by atoms with Crippen molar-refractivity contribution in [2.75, 3.05) is 6.54 Å². The lowest BCUT2D eigenvalue weighted by molar-refractivity contribution is 0.672.